The number of benzene rings is 3. The van der Waals surface area contributed by atoms with Gasteiger partial charge in [-0.3, -0.25) is 9.59 Å². The molecular weight excluding hydrogens is 524 g/mol. The Morgan fingerprint density at radius 2 is 1.39 bits per heavy atom. The van der Waals surface area contributed by atoms with E-state index < -0.39 is 12.1 Å². The highest BCUT2D eigenvalue weighted by atomic mass is 16.7. The van der Waals surface area contributed by atoms with E-state index in [4.69, 9.17) is 14.3 Å². The molecule has 3 aromatic carbocycles. The fourth-order valence-corrected chi connectivity index (χ4v) is 4.60. The van der Waals surface area contributed by atoms with Crippen LogP contribution < -0.4 is 4.74 Å². The number of ether oxygens (including phenoxy) is 2. The molecule has 0 aliphatic rings. The first-order valence-electron chi connectivity index (χ1n) is 13.6. The van der Waals surface area contributed by atoms with E-state index in [1.54, 1.807) is 42.5 Å². The normalized spacial score (nSPS) is 11.5. The summed E-state index contributed by atoms with van der Waals surface area (Å²) < 4.78 is 12.2. The van der Waals surface area contributed by atoms with Gasteiger partial charge in [0.2, 0.25) is 5.78 Å². The van der Waals surface area contributed by atoms with E-state index in [2.05, 4.69) is 9.72 Å². The molecule has 0 N–H and O–H groups in total. The van der Waals surface area contributed by atoms with Gasteiger partial charge in [-0.2, -0.15) is 0 Å². The number of nitrogens with zero attached hydrogens (tertiary/aromatic N) is 2. The molecule has 0 bridgehead atoms. The molecule has 0 saturated heterocycles. The molecule has 0 unspecified atom stereocenters. The first kappa shape index (κ1) is 29.2. The number of ketones is 2. The van der Waals surface area contributed by atoms with Crippen molar-refractivity contribution in [1.29, 1.82) is 0 Å². The number of rotatable bonds is 11. The molecule has 0 saturated carbocycles. The standard InChI is InChI=1S/C32H32N2O7/c1-5-8-27(33-41-20(4)35)31(37)23-12-16-29-26(19-23)25-18-22(11-15-28(25)34(29)7-3)30(36)21-9-13-24(14-10-21)40-32(38)39-17-6-2/h9-16,18-19H,5-8,17H2,1-4H3/b33-27+. The lowest BCUT2D eigenvalue weighted by Gasteiger charge is -2.07. The molecule has 0 aliphatic heterocycles. The zero-order valence-electron chi connectivity index (χ0n) is 23.6. The highest BCUT2D eigenvalue weighted by Crippen LogP contribution is 2.32. The third-order valence-corrected chi connectivity index (χ3v) is 6.48. The lowest BCUT2D eigenvalue weighted by molar-refractivity contribution is -0.140. The Balaban J connectivity index is 1.69. The highest BCUT2D eigenvalue weighted by Gasteiger charge is 2.19. The Kier molecular flexibility index (Phi) is 9.29. The number of carbonyl (C=O) groups is 4. The molecule has 212 valence electrons. The van der Waals surface area contributed by atoms with Crippen molar-refractivity contribution >= 4 is 51.2 Å². The summed E-state index contributed by atoms with van der Waals surface area (Å²) in [5.74, 6) is -0.835. The molecular formula is C32H32N2O7. The molecule has 0 radical (unpaired) electrons. The highest BCUT2D eigenvalue weighted by molar-refractivity contribution is 6.46. The van der Waals surface area contributed by atoms with E-state index in [1.165, 1.54) is 6.92 Å². The van der Waals surface area contributed by atoms with Crippen LogP contribution >= 0.6 is 0 Å². The van der Waals surface area contributed by atoms with Crippen LogP contribution in [0.25, 0.3) is 21.8 Å². The van der Waals surface area contributed by atoms with Gasteiger partial charge in [0, 0.05) is 52.0 Å². The van der Waals surface area contributed by atoms with Gasteiger partial charge >= 0.3 is 12.1 Å². The van der Waals surface area contributed by atoms with Gasteiger partial charge in [0.25, 0.3) is 0 Å². The van der Waals surface area contributed by atoms with Crippen LogP contribution in [0.1, 0.15) is 73.2 Å². The summed E-state index contributed by atoms with van der Waals surface area (Å²) in [5, 5.41) is 5.44. The minimum absolute atomic E-state index is 0.170. The van der Waals surface area contributed by atoms with E-state index in [0.717, 1.165) is 21.8 Å². The van der Waals surface area contributed by atoms with Crippen LogP contribution in [0.5, 0.6) is 5.75 Å². The van der Waals surface area contributed by atoms with Gasteiger partial charge in [-0.05, 0) is 80.4 Å². The molecule has 0 amide bonds. The van der Waals surface area contributed by atoms with Crippen molar-refractivity contribution in [3.63, 3.8) is 0 Å². The summed E-state index contributed by atoms with van der Waals surface area (Å²) in [7, 11) is 0. The number of hydrogen-bond donors (Lipinski definition) is 0. The second-order valence-corrected chi connectivity index (χ2v) is 9.46. The predicted molar refractivity (Wildman–Crippen MR) is 156 cm³/mol. The van der Waals surface area contributed by atoms with Crippen molar-refractivity contribution in [2.75, 3.05) is 6.61 Å². The minimum Gasteiger partial charge on any atom is -0.434 e. The van der Waals surface area contributed by atoms with E-state index >= 15 is 0 Å². The van der Waals surface area contributed by atoms with Crippen molar-refractivity contribution in [3.8, 4) is 5.75 Å². The van der Waals surface area contributed by atoms with Crippen LogP contribution in [0.4, 0.5) is 4.79 Å². The molecule has 0 fully saturated rings. The summed E-state index contributed by atoms with van der Waals surface area (Å²) >= 11 is 0. The monoisotopic (exact) mass is 556 g/mol. The molecule has 41 heavy (non-hydrogen) atoms. The van der Waals surface area contributed by atoms with Gasteiger partial charge in [0.05, 0.1) is 6.61 Å². The van der Waals surface area contributed by atoms with Gasteiger partial charge in [0.1, 0.15) is 11.5 Å². The van der Waals surface area contributed by atoms with E-state index in [1.807, 2.05) is 39.0 Å². The Bertz CT molecular complexity index is 1650. The number of oxime groups is 1. The zero-order chi connectivity index (χ0) is 29.5. The second-order valence-electron chi connectivity index (χ2n) is 9.46. The molecule has 0 atom stereocenters. The smallest absolute Gasteiger partial charge is 0.434 e. The minimum atomic E-state index is -0.791. The van der Waals surface area contributed by atoms with Crippen molar-refractivity contribution in [1.82, 2.24) is 4.57 Å². The summed E-state index contributed by atoms with van der Waals surface area (Å²) in [6, 6.07) is 17.2. The van der Waals surface area contributed by atoms with Gasteiger partial charge in [-0.15, -0.1) is 0 Å². The van der Waals surface area contributed by atoms with Crippen LogP contribution in [0.15, 0.2) is 65.8 Å². The Labute approximate surface area is 237 Å². The van der Waals surface area contributed by atoms with Crippen molar-refractivity contribution in [3.05, 3.63) is 77.4 Å². The fourth-order valence-electron chi connectivity index (χ4n) is 4.60. The largest absolute Gasteiger partial charge is 0.513 e. The third kappa shape index (κ3) is 6.51. The first-order chi connectivity index (χ1) is 19.8. The zero-order valence-corrected chi connectivity index (χ0v) is 23.6. The number of aromatic nitrogens is 1. The number of aryl methyl sites for hydroxylation is 1. The Morgan fingerprint density at radius 1 is 0.780 bits per heavy atom. The molecule has 4 rings (SSSR count). The molecule has 9 heteroatoms. The summed E-state index contributed by atoms with van der Waals surface area (Å²) in [5.41, 5.74) is 3.34. The molecule has 1 heterocycles. The topological polar surface area (TPSA) is 113 Å². The van der Waals surface area contributed by atoms with Crippen LogP contribution in [-0.4, -0.2) is 40.6 Å². The lowest BCUT2D eigenvalue weighted by atomic mass is 9.99. The quantitative estimate of drug-likeness (QED) is 0.0494. The maximum absolute atomic E-state index is 13.4. The maximum Gasteiger partial charge on any atom is 0.513 e. The third-order valence-electron chi connectivity index (χ3n) is 6.48. The fraction of sp³-hybridized carbons (Fsp3) is 0.281. The van der Waals surface area contributed by atoms with Crippen molar-refractivity contribution in [2.24, 2.45) is 5.16 Å². The SMILES string of the molecule is CCCOC(=O)Oc1ccc(C(=O)c2ccc3c(c2)c2cc(C(=O)/C(CCC)=N/OC(C)=O)ccc2n3CC)cc1. The average molecular weight is 557 g/mol. The van der Waals surface area contributed by atoms with E-state index in [9.17, 15) is 19.2 Å². The van der Waals surface area contributed by atoms with Gasteiger partial charge < -0.3 is 18.9 Å². The molecule has 0 spiro atoms. The van der Waals surface area contributed by atoms with E-state index in [-0.39, 0.29) is 29.6 Å². The first-order valence-corrected chi connectivity index (χ1v) is 13.6. The Morgan fingerprint density at radius 3 is 1.98 bits per heavy atom. The van der Waals surface area contributed by atoms with Crippen LogP contribution in [0, 0.1) is 0 Å². The number of carbonyl (C=O) groups excluding carboxylic acids is 4. The predicted octanol–water partition coefficient (Wildman–Crippen LogP) is 6.87. The molecule has 0 aliphatic carbocycles. The van der Waals surface area contributed by atoms with E-state index in [0.29, 0.717) is 42.5 Å². The summed E-state index contributed by atoms with van der Waals surface area (Å²) in [4.78, 5) is 54.4. The maximum atomic E-state index is 13.4. The van der Waals surface area contributed by atoms with Crippen LogP contribution in [-0.2, 0) is 20.9 Å². The summed E-state index contributed by atoms with van der Waals surface area (Å²) in [6.07, 6.45) is 0.917. The summed E-state index contributed by atoms with van der Waals surface area (Å²) in [6.45, 7) is 8.02. The van der Waals surface area contributed by atoms with Crippen LogP contribution in [0.3, 0.4) is 0 Å². The molecule has 9 nitrogen and oxygen atoms in total. The van der Waals surface area contributed by atoms with Crippen molar-refractivity contribution < 1.29 is 33.5 Å². The average Bonchev–Trinajstić information content (AvgIpc) is 3.29. The molecule has 4 aromatic rings. The van der Waals surface area contributed by atoms with Crippen molar-refractivity contribution in [2.45, 2.75) is 53.5 Å². The number of hydrogen-bond acceptors (Lipinski definition) is 8. The van der Waals surface area contributed by atoms with Gasteiger partial charge in [0.15, 0.2) is 5.78 Å². The van der Waals surface area contributed by atoms with Crippen LogP contribution in [0.2, 0.25) is 0 Å². The number of fused-ring (bicyclic) bond motifs is 3. The Hall–Kier alpha value is -4.79. The van der Waals surface area contributed by atoms with Gasteiger partial charge in [-0.25, -0.2) is 9.59 Å². The molecule has 1 aromatic heterocycles. The second kappa shape index (κ2) is 13.0. The number of Topliss-reactive ketones (excluding diaryl/α,β-unsaturated/α-hetero) is 1. The van der Waals surface area contributed by atoms with Gasteiger partial charge in [-0.1, -0.05) is 25.4 Å². The lowest BCUT2D eigenvalue weighted by Crippen LogP contribution is -2.15.